The maximum absolute atomic E-state index is 13.1. The fourth-order valence-corrected chi connectivity index (χ4v) is 6.87. The molecule has 4 aromatic rings. The number of piperazine rings is 1. The molecule has 3 aromatic heterocycles. The molecule has 0 unspecified atom stereocenters. The Kier molecular flexibility index (Phi) is 5.90. The highest BCUT2D eigenvalue weighted by atomic mass is 35.5. The van der Waals surface area contributed by atoms with Gasteiger partial charge in [0, 0.05) is 48.0 Å². The third kappa shape index (κ3) is 4.20. The first-order chi connectivity index (χ1) is 16.3. The first kappa shape index (κ1) is 22.6. The van der Waals surface area contributed by atoms with E-state index >= 15 is 0 Å². The monoisotopic (exact) mass is 516 g/mol. The van der Waals surface area contributed by atoms with Crippen LogP contribution in [0.3, 0.4) is 0 Å². The van der Waals surface area contributed by atoms with Gasteiger partial charge in [-0.2, -0.15) is 9.04 Å². The minimum Gasteiger partial charge on any atom is -0.618 e. The molecule has 0 spiro atoms. The zero-order valence-electron chi connectivity index (χ0n) is 17.5. The van der Waals surface area contributed by atoms with Crippen molar-refractivity contribution in [2.45, 2.75) is 4.21 Å². The third-order valence-electron chi connectivity index (χ3n) is 5.41. The van der Waals surface area contributed by atoms with Crippen LogP contribution in [0.5, 0.6) is 0 Å². The number of aromatic nitrogens is 4. The highest BCUT2D eigenvalue weighted by Crippen LogP contribution is 2.33. The van der Waals surface area contributed by atoms with E-state index in [0.29, 0.717) is 9.75 Å². The number of amides is 1. The summed E-state index contributed by atoms with van der Waals surface area (Å²) in [6.45, 7) is 0.722. The van der Waals surface area contributed by atoms with E-state index in [4.69, 9.17) is 11.6 Å². The number of rotatable bonds is 4. The summed E-state index contributed by atoms with van der Waals surface area (Å²) in [7, 11) is -3.69. The summed E-state index contributed by atoms with van der Waals surface area (Å²) < 4.78 is 29.3. The number of hydrogen-bond donors (Lipinski definition) is 0. The molecule has 0 N–H and O–H groups in total. The quantitative estimate of drug-likeness (QED) is 0.301. The van der Waals surface area contributed by atoms with E-state index in [9.17, 15) is 18.4 Å². The van der Waals surface area contributed by atoms with E-state index < -0.39 is 15.9 Å². The van der Waals surface area contributed by atoms with Gasteiger partial charge in [-0.1, -0.05) is 17.7 Å². The Labute approximate surface area is 203 Å². The normalized spacial score (nSPS) is 15.0. The van der Waals surface area contributed by atoms with Crippen LogP contribution in [0.1, 0.15) is 10.5 Å². The van der Waals surface area contributed by atoms with Gasteiger partial charge in [-0.25, -0.2) is 13.4 Å². The Balaban J connectivity index is 1.27. The molecule has 34 heavy (non-hydrogen) atoms. The van der Waals surface area contributed by atoms with Crippen molar-refractivity contribution in [1.29, 1.82) is 0 Å². The van der Waals surface area contributed by atoms with Crippen molar-refractivity contribution in [3.8, 4) is 11.5 Å². The number of fused-ring (bicyclic) bond motifs is 1. The second-order valence-electron chi connectivity index (χ2n) is 7.52. The van der Waals surface area contributed by atoms with Crippen molar-refractivity contribution in [2.24, 2.45) is 0 Å². The van der Waals surface area contributed by atoms with Crippen molar-refractivity contribution < 1.29 is 17.9 Å². The number of thiophene rings is 1. The fraction of sp³-hybridized carbons (Fsp3) is 0.190. The van der Waals surface area contributed by atoms with Crippen LogP contribution < -0.4 is 4.73 Å². The number of carbonyl (C=O) groups excluding carboxylic acids is 1. The van der Waals surface area contributed by atoms with Gasteiger partial charge in [0.05, 0.1) is 6.20 Å². The molecule has 1 saturated heterocycles. The van der Waals surface area contributed by atoms with E-state index in [1.165, 1.54) is 32.9 Å². The lowest BCUT2D eigenvalue weighted by Crippen LogP contribution is -2.50. The molecule has 174 valence electrons. The Morgan fingerprint density at radius 2 is 1.88 bits per heavy atom. The molecule has 0 radical (unpaired) electrons. The van der Waals surface area contributed by atoms with Crippen molar-refractivity contribution in [3.05, 3.63) is 70.8 Å². The Morgan fingerprint density at radius 3 is 2.59 bits per heavy atom. The summed E-state index contributed by atoms with van der Waals surface area (Å²) in [5.41, 5.74) is 0.242. The Bertz CT molecular complexity index is 1480. The number of hydrogen-bond acceptors (Lipinski definition) is 8. The summed E-state index contributed by atoms with van der Waals surface area (Å²) in [5.74, 6) is -0.296. The van der Waals surface area contributed by atoms with Crippen LogP contribution in [-0.2, 0) is 10.0 Å². The second kappa shape index (κ2) is 8.87. The minimum absolute atomic E-state index is 0.0230. The van der Waals surface area contributed by atoms with Gasteiger partial charge in [0.25, 0.3) is 21.6 Å². The van der Waals surface area contributed by atoms with Crippen molar-refractivity contribution in [1.82, 2.24) is 24.4 Å². The molecule has 1 aromatic carbocycles. The largest absolute Gasteiger partial charge is 0.618 e. The van der Waals surface area contributed by atoms with Gasteiger partial charge >= 0.3 is 0 Å². The summed E-state index contributed by atoms with van der Waals surface area (Å²) in [4.78, 5) is 18.4. The van der Waals surface area contributed by atoms with E-state index in [1.54, 1.807) is 42.5 Å². The van der Waals surface area contributed by atoms with Crippen LogP contribution in [0, 0.1) is 5.21 Å². The molecule has 0 atom stereocenters. The average molecular weight is 517 g/mol. The molecule has 10 nitrogen and oxygen atoms in total. The summed E-state index contributed by atoms with van der Waals surface area (Å²) >= 11 is 7.19. The van der Waals surface area contributed by atoms with Crippen LogP contribution in [0.15, 0.2) is 59.1 Å². The molecular formula is C21H17ClN6O4S2. The molecule has 5 rings (SSSR count). The molecule has 0 aliphatic carbocycles. The Morgan fingerprint density at radius 1 is 1.09 bits per heavy atom. The topological polar surface area (TPSA) is 123 Å². The zero-order valence-corrected chi connectivity index (χ0v) is 19.9. The summed E-state index contributed by atoms with van der Waals surface area (Å²) in [6, 6.07) is 11.7. The van der Waals surface area contributed by atoms with Crippen molar-refractivity contribution in [2.75, 3.05) is 26.2 Å². The van der Waals surface area contributed by atoms with E-state index in [0.717, 1.165) is 10.1 Å². The van der Waals surface area contributed by atoms with Gasteiger partial charge in [0.15, 0.2) is 11.9 Å². The lowest BCUT2D eigenvalue weighted by atomic mass is 10.3. The molecule has 13 heteroatoms. The third-order valence-corrected chi connectivity index (χ3v) is 9.09. The SMILES string of the molecule is O=C(c1cnc(-c2cccc[n+]2[O-])nn1)N1CCN(S(=O)(=O)c2cc3ccc(Cl)cc3s2)CC1. The fourth-order valence-electron chi connectivity index (χ4n) is 3.62. The minimum atomic E-state index is -3.69. The second-order valence-corrected chi connectivity index (χ2v) is 11.2. The molecule has 0 saturated carbocycles. The van der Waals surface area contributed by atoms with Crippen LogP contribution in [-0.4, -0.2) is 64.9 Å². The number of carbonyl (C=O) groups is 1. The number of nitrogens with zero attached hydrogens (tertiary/aromatic N) is 6. The molecule has 1 aliphatic rings. The average Bonchev–Trinajstić information content (AvgIpc) is 3.28. The van der Waals surface area contributed by atoms with Gasteiger partial charge in [0.1, 0.15) is 4.21 Å². The number of pyridine rings is 1. The lowest BCUT2D eigenvalue weighted by molar-refractivity contribution is -0.594. The molecule has 1 amide bonds. The number of benzene rings is 1. The maximum atomic E-state index is 13.1. The van der Waals surface area contributed by atoms with Gasteiger partial charge < -0.3 is 10.1 Å². The Hall–Kier alpha value is -3.19. The first-order valence-electron chi connectivity index (χ1n) is 10.2. The lowest BCUT2D eigenvalue weighted by Gasteiger charge is -2.33. The van der Waals surface area contributed by atoms with Gasteiger partial charge in [-0.05, 0) is 29.7 Å². The first-order valence-corrected chi connectivity index (χ1v) is 12.8. The van der Waals surface area contributed by atoms with Crippen LogP contribution in [0.4, 0.5) is 0 Å². The maximum Gasteiger partial charge on any atom is 0.276 e. The zero-order chi connectivity index (χ0) is 23.9. The van der Waals surface area contributed by atoms with Crippen molar-refractivity contribution >= 4 is 49.0 Å². The summed E-state index contributed by atoms with van der Waals surface area (Å²) in [5, 5.41) is 21.0. The molecule has 1 aliphatic heterocycles. The van der Waals surface area contributed by atoms with E-state index in [-0.39, 0.29) is 47.6 Å². The van der Waals surface area contributed by atoms with Crippen molar-refractivity contribution in [3.63, 3.8) is 0 Å². The molecular weight excluding hydrogens is 500 g/mol. The van der Waals surface area contributed by atoms with Gasteiger partial charge in [0.2, 0.25) is 5.82 Å². The molecule has 0 bridgehead atoms. The summed E-state index contributed by atoms with van der Waals surface area (Å²) in [6.07, 6.45) is 2.59. The predicted molar refractivity (Wildman–Crippen MR) is 126 cm³/mol. The van der Waals surface area contributed by atoms with Gasteiger partial charge in [-0.15, -0.1) is 21.5 Å². The van der Waals surface area contributed by atoms with E-state index in [2.05, 4.69) is 15.2 Å². The standard InChI is InChI=1S/C21H17ClN6O4S2/c22-15-5-4-14-11-19(33-18(14)12-15)34(31,32)27-9-7-26(8-10-27)21(29)16-13-23-20(25-24-16)17-3-1-2-6-28(17)30/h1-6,11-13H,7-10H2. The highest BCUT2D eigenvalue weighted by Gasteiger charge is 2.32. The number of halogens is 1. The highest BCUT2D eigenvalue weighted by molar-refractivity contribution is 7.91. The molecule has 4 heterocycles. The predicted octanol–water partition coefficient (Wildman–Crippen LogP) is 2.19. The smallest absolute Gasteiger partial charge is 0.276 e. The number of sulfonamides is 1. The van der Waals surface area contributed by atoms with E-state index in [1.807, 2.05) is 0 Å². The molecule has 1 fully saturated rings. The van der Waals surface area contributed by atoms with Crippen LogP contribution in [0.2, 0.25) is 5.02 Å². The van der Waals surface area contributed by atoms with Gasteiger partial charge in [-0.3, -0.25) is 4.79 Å². The van der Waals surface area contributed by atoms with Crippen LogP contribution >= 0.6 is 22.9 Å². The van der Waals surface area contributed by atoms with Crippen LogP contribution in [0.25, 0.3) is 21.6 Å².